The van der Waals surface area contributed by atoms with Crippen LogP contribution in [-0.2, 0) is 4.79 Å². The Morgan fingerprint density at radius 3 is 1.59 bits per heavy atom. The fourth-order valence-corrected chi connectivity index (χ4v) is 2.96. The molecule has 0 amide bonds. The molecule has 0 aliphatic rings. The maximum Gasteiger partial charge on any atom is 0.185 e. The molecule has 0 heterocycles. The van der Waals surface area contributed by atoms with E-state index in [4.69, 9.17) is 10.2 Å². The minimum atomic E-state index is -0.269. The first-order valence-electron chi connectivity index (χ1n) is 10.5. The first-order chi connectivity index (χ1) is 15.3. The molecule has 0 fully saturated rings. The summed E-state index contributed by atoms with van der Waals surface area (Å²) in [5.74, 6) is -0.350. The van der Waals surface area contributed by atoms with Crippen LogP contribution in [-0.4, -0.2) is 61.5 Å². The van der Waals surface area contributed by atoms with Gasteiger partial charge in [-0.1, -0.05) is 36.4 Å². The number of benzene rings is 2. The quantitative estimate of drug-likeness (QED) is 0.283. The maximum absolute atomic E-state index is 12.4. The zero-order chi connectivity index (χ0) is 23.5. The Hall–Kier alpha value is -3.35. The molecular formula is C26H32N2O4. The highest BCUT2D eigenvalue weighted by Crippen LogP contribution is 2.17. The topological polar surface area (TPSA) is 84.2 Å². The van der Waals surface area contributed by atoms with Crippen molar-refractivity contribution in [3.63, 3.8) is 0 Å². The molecule has 0 aliphatic carbocycles. The second-order valence-corrected chi connectivity index (χ2v) is 7.51. The maximum atomic E-state index is 12.4. The van der Waals surface area contributed by atoms with Crippen LogP contribution in [0.4, 0.5) is 11.4 Å². The number of hydrogen-bond acceptors (Lipinski definition) is 6. The van der Waals surface area contributed by atoms with E-state index in [9.17, 15) is 9.90 Å². The fraction of sp³-hybridized carbons (Fsp3) is 0.269. The Morgan fingerprint density at radius 2 is 1.19 bits per heavy atom. The van der Waals surface area contributed by atoms with Gasteiger partial charge in [-0.3, -0.25) is 4.79 Å². The van der Waals surface area contributed by atoms with Crippen LogP contribution in [0.1, 0.15) is 18.1 Å². The van der Waals surface area contributed by atoms with Crippen molar-refractivity contribution in [2.75, 3.05) is 50.2 Å². The number of rotatable bonds is 11. The SMILES string of the molecule is C/C(C(=O)/C=C/c1ccc(N(C)CCO)cc1)=C(O)\C=C\c1ccc(N(C)CCO)cc1. The molecule has 2 rings (SSSR count). The summed E-state index contributed by atoms with van der Waals surface area (Å²) in [5, 5.41) is 28.3. The third kappa shape index (κ3) is 7.41. The first-order valence-corrected chi connectivity index (χ1v) is 10.5. The molecule has 0 atom stereocenters. The summed E-state index contributed by atoms with van der Waals surface area (Å²) in [5.41, 5.74) is 3.99. The van der Waals surface area contributed by atoms with Gasteiger partial charge in [0.1, 0.15) is 5.76 Å². The van der Waals surface area contributed by atoms with E-state index in [2.05, 4.69) is 0 Å². The molecule has 3 N–H and O–H groups in total. The lowest BCUT2D eigenvalue weighted by molar-refractivity contribution is -0.111. The lowest BCUT2D eigenvalue weighted by Crippen LogP contribution is -2.20. The number of nitrogens with zero attached hydrogens (tertiary/aromatic N) is 2. The zero-order valence-corrected chi connectivity index (χ0v) is 18.9. The van der Waals surface area contributed by atoms with Crippen LogP contribution >= 0.6 is 0 Å². The standard InChI is InChI=1S/C26H32N2O4/c1-20(25(31)14-8-21-4-10-23(11-5-21)27(2)16-18-29)26(32)15-9-22-6-12-24(13-7-22)28(3)17-19-30/h4-15,29-31H,16-19H2,1-3H3/b14-8+,15-9+,25-20-. The van der Waals surface area contributed by atoms with Crippen LogP contribution in [0.25, 0.3) is 12.2 Å². The minimum absolute atomic E-state index is 0.0814. The van der Waals surface area contributed by atoms with Crippen molar-refractivity contribution in [3.05, 3.63) is 83.1 Å². The van der Waals surface area contributed by atoms with Crippen LogP contribution in [0, 0.1) is 0 Å². The van der Waals surface area contributed by atoms with Gasteiger partial charge in [-0.2, -0.15) is 0 Å². The number of hydrogen-bond donors (Lipinski definition) is 3. The van der Waals surface area contributed by atoms with Gasteiger partial charge in [0.25, 0.3) is 0 Å². The van der Waals surface area contributed by atoms with Gasteiger partial charge in [-0.15, -0.1) is 0 Å². The van der Waals surface area contributed by atoms with Gasteiger partial charge < -0.3 is 25.1 Å². The van der Waals surface area contributed by atoms with Crippen LogP contribution < -0.4 is 9.80 Å². The predicted molar refractivity (Wildman–Crippen MR) is 132 cm³/mol. The van der Waals surface area contributed by atoms with Gasteiger partial charge in [0.2, 0.25) is 0 Å². The van der Waals surface area contributed by atoms with Crippen LogP contribution in [0.2, 0.25) is 0 Å². The van der Waals surface area contributed by atoms with E-state index >= 15 is 0 Å². The number of allylic oxidation sites excluding steroid dienone is 3. The molecule has 170 valence electrons. The third-order valence-electron chi connectivity index (χ3n) is 5.15. The highest BCUT2D eigenvalue weighted by Gasteiger charge is 2.06. The molecule has 2 aromatic carbocycles. The zero-order valence-electron chi connectivity index (χ0n) is 18.9. The number of ketones is 1. The average molecular weight is 437 g/mol. The Labute approximate surface area is 190 Å². The number of aliphatic hydroxyl groups is 3. The fourth-order valence-electron chi connectivity index (χ4n) is 2.96. The van der Waals surface area contributed by atoms with Crippen molar-refractivity contribution in [2.45, 2.75) is 6.92 Å². The molecular weight excluding hydrogens is 404 g/mol. The molecule has 0 aliphatic heterocycles. The Bertz CT molecular complexity index is 960. The van der Waals surface area contributed by atoms with Crippen molar-refractivity contribution in [1.29, 1.82) is 0 Å². The van der Waals surface area contributed by atoms with Gasteiger partial charge in [0.05, 0.1) is 13.2 Å². The number of likely N-dealkylation sites (N-methyl/N-ethyl adjacent to an activating group) is 2. The lowest BCUT2D eigenvalue weighted by atomic mass is 10.1. The number of anilines is 2. The Kier molecular flexibility index (Phi) is 9.73. The second-order valence-electron chi connectivity index (χ2n) is 7.51. The molecule has 0 aromatic heterocycles. The normalized spacial score (nSPS) is 12.3. The number of aliphatic hydroxyl groups excluding tert-OH is 3. The monoisotopic (exact) mass is 436 g/mol. The predicted octanol–water partition coefficient (Wildman–Crippen LogP) is 3.67. The molecule has 6 nitrogen and oxygen atoms in total. The van der Waals surface area contributed by atoms with Crippen molar-refractivity contribution in [2.24, 2.45) is 0 Å². The largest absolute Gasteiger partial charge is 0.508 e. The van der Waals surface area contributed by atoms with E-state index in [1.807, 2.05) is 72.4 Å². The molecule has 0 spiro atoms. The summed E-state index contributed by atoms with van der Waals surface area (Å²) >= 11 is 0. The summed E-state index contributed by atoms with van der Waals surface area (Å²) in [4.78, 5) is 16.3. The third-order valence-corrected chi connectivity index (χ3v) is 5.15. The molecule has 0 unspecified atom stereocenters. The summed E-state index contributed by atoms with van der Waals surface area (Å²) < 4.78 is 0. The highest BCUT2D eigenvalue weighted by molar-refractivity contribution is 6.06. The Morgan fingerprint density at radius 1 is 0.781 bits per heavy atom. The van der Waals surface area contributed by atoms with Gasteiger partial charge in [0, 0.05) is 44.1 Å². The second kappa shape index (κ2) is 12.5. The van der Waals surface area contributed by atoms with E-state index in [0.717, 1.165) is 22.5 Å². The molecule has 0 radical (unpaired) electrons. The van der Waals surface area contributed by atoms with Gasteiger partial charge in [-0.05, 0) is 54.5 Å². The number of carbonyl (C=O) groups excluding carboxylic acids is 1. The minimum Gasteiger partial charge on any atom is -0.508 e. The summed E-state index contributed by atoms with van der Waals surface area (Å²) in [6.07, 6.45) is 6.41. The first kappa shape index (κ1) is 24.9. The molecule has 32 heavy (non-hydrogen) atoms. The van der Waals surface area contributed by atoms with Crippen molar-refractivity contribution >= 4 is 29.3 Å². The Balaban J connectivity index is 2.01. The molecule has 2 aromatic rings. The van der Waals surface area contributed by atoms with Gasteiger partial charge in [-0.25, -0.2) is 0 Å². The van der Waals surface area contributed by atoms with Crippen molar-refractivity contribution < 1.29 is 20.1 Å². The van der Waals surface area contributed by atoms with E-state index in [-0.39, 0.29) is 30.3 Å². The molecule has 0 bridgehead atoms. The smallest absolute Gasteiger partial charge is 0.185 e. The molecule has 0 saturated heterocycles. The number of carbonyl (C=O) groups is 1. The summed E-state index contributed by atoms with van der Waals surface area (Å²) in [7, 11) is 3.81. The summed E-state index contributed by atoms with van der Waals surface area (Å²) in [6, 6.07) is 15.3. The van der Waals surface area contributed by atoms with Crippen molar-refractivity contribution in [3.8, 4) is 0 Å². The average Bonchev–Trinajstić information content (AvgIpc) is 2.81. The summed E-state index contributed by atoms with van der Waals surface area (Å²) in [6.45, 7) is 2.87. The van der Waals surface area contributed by atoms with Crippen LogP contribution in [0.3, 0.4) is 0 Å². The van der Waals surface area contributed by atoms with E-state index in [1.54, 1.807) is 19.1 Å². The highest BCUT2D eigenvalue weighted by atomic mass is 16.3. The van der Waals surface area contributed by atoms with Crippen LogP contribution in [0.5, 0.6) is 0 Å². The van der Waals surface area contributed by atoms with E-state index in [1.165, 1.54) is 12.2 Å². The van der Waals surface area contributed by atoms with Gasteiger partial charge >= 0.3 is 0 Å². The van der Waals surface area contributed by atoms with Crippen LogP contribution in [0.15, 0.2) is 72.0 Å². The lowest BCUT2D eigenvalue weighted by Gasteiger charge is -2.17. The molecule has 0 saturated carbocycles. The van der Waals surface area contributed by atoms with E-state index < -0.39 is 0 Å². The van der Waals surface area contributed by atoms with Gasteiger partial charge in [0.15, 0.2) is 5.78 Å². The van der Waals surface area contributed by atoms with Crippen molar-refractivity contribution in [1.82, 2.24) is 0 Å². The van der Waals surface area contributed by atoms with E-state index in [0.29, 0.717) is 13.1 Å². The molecule has 6 heteroatoms.